The third-order valence-electron chi connectivity index (χ3n) is 4.55. The molecule has 0 saturated heterocycles. The highest BCUT2D eigenvalue weighted by Crippen LogP contribution is 2.33. The molecule has 31 heavy (non-hydrogen) atoms. The molecule has 3 rings (SSSR count). The minimum atomic E-state index is -4.57. The number of rotatable bonds is 4. The van der Waals surface area contributed by atoms with Gasteiger partial charge in [-0.2, -0.15) is 13.2 Å². The van der Waals surface area contributed by atoms with Gasteiger partial charge in [0, 0.05) is 16.8 Å². The van der Waals surface area contributed by atoms with Crippen molar-refractivity contribution in [3.05, 3.63) is 76.6 Å². The lowest BCUT2D eigenvalue weighted by Crippen LogP contribution is -2.18. The Hall–Kier alpha value is -3.95. The number of hydrogen-bond acceptors (Lipinski definition) is 5. The molecule has 0 spiro atoms. The van der Waals surface area contributed by atoms with Gasteiger partial charge in [0.1, 0.15) is 0 Å². The van der Waals surface area contributed by atoms with Crippen LogP contribution in [0.5, 0.6) is 0 Å². The first-order valence-corrected chi connectivity index (χ1v) is 9.04. The number of nitrogens with one attached hydrogen (secondary N) is 2. The largest absolute Gasteiger partial charge is 0.416 e. The van der Waals surface area contributed by atoms with Crippen LogP contribution in [-0.2, 0) is 6.18 Å². The van der Waals surface area contributed by atoms with Gasteiger partial charge in [-0.05, 0) is 49.2 Å². The van der Waals surface area contributed by atoms with E-state index >= 15 is 0 Å². The minimum absolute atomic E-state index is 0.0591. The highest BCUT2D eigenvalue weighted by atomic mass is 19.4. The zero-order valence-corrected chi connectivity index (χ0v) is 16.5. The Morgan fingerprint density at radius 1 is 0.903 bits per heavy atom. The molecular formula is C21H18F3N5O2. The van der Waals surface area contributed by atoms with Crippen LogP contribution in [0.4, 0.5) is 30.5 Å². The summed E-state index contributed by atoms with van der Waals surface area (Å²) >= 11 is 0. The van der Waals surface area contributed by atoms with E-state index in [2.05, 4.69) is 20.6 Å². The summed E-state index contributed by atoms with van der Waals surface area (Å²) in [5, 5.41) is 5.16. The molecule has 0 aliphatic carbocycles. The maximum Gasteiger partial charge on any atom is 0.416 e. The van der Waals surface area contributed by atoms with Crippen LogP contribution in [0.1, 0.15) is 37.4 Å². The van der Waals surface area contributed by atoms with Crippen LogP contribution in [0.25, 0.3) is 0 Å². The number of hydrogen-bond donors (Lipinski definition) is 3. The molecule has 0 saturated carbocycles. The summed E-state index contributed by atoms with van der Waals surface area (Å²) in [4.78, 5) is 32.8. The Balaban J connectivity index is 1.83. The number of anilines is 3. The van der Waals surface area contributed by atoms with Gasteiger partial charge in [-0.1, -0.05) is 12.1 Å². The monoisotopic (exact) mass is 429 g/mol. The predicted octanol–water partition coefficient (Wildman–Crippen LogP) is 4.20. The Morgan fingerprint density at radius 2 is 1.52 bits per heavy atom. The number of alkyl halides is 3. The fraction of sp³-hybridized carbons (Fsp3) is 0.143. The van der Waals surface area contributed by atoms with E-state index in [-0.39, 0.29) is 28.3 Å². The molecular weight excluding hydrogens is 411 g/mol. The van der Waals surface area contributed by atoms with Crippen LogP contribution < -0.4 is 16.4 Å². The second-order valence-electron chi connectivity index (χ2n) is 6.74. The highest BCUT2D eigenvalue weighted by molar-refractivity contribution is 6.08. The summed E-state index contributed by atoms with van der Waals surface area (Å²) in [5.74, 6) is -1.13. The SMILES string of the molecule is Cc1ccc(NC(=O)c2cccc(C(F)(F)F)c2C)cc1C(=O)Nc1cnc(N)nc1. The van der Waals surface area contributed by atoms with Crippen molar-refractivity contribution in [2.24, 2.45) is 0 Å². The fourth-order valence-electron chi connectivity index (χ4n) is 2.93. The lowest BCUT2D eigenvalue weighted by Gasteiger charge is -2.14. The molecule has 0 unspecified atom stereocenters. The number of halogens is 3. The molecule has 3 aromatic rings. The lowest BCUT2D eigenvalue weighted by molar-refractivity contribution is -0.138. The predicted molar refractivity (Wildman–Crippen MR) is 110 cm³/mol. The first-order valence-electron chi connectivity index (χ1n) is 9.04. The van der Waals surface area contributed by atoms with Gasteiger partial charge >= 0.3 is 6.18 Å². The number of amides is 2. The molecule has 0 aliphatic rings. The average molecular weight is 429 g/mol. The summed E-state index contributed by atoms with van der Waals surface area (Å²) in [6.45, 7) is 2.94. The molecule has 0 atom stereocenters. The van der Waals surface area contributed by atoms with Crippen molar-refractivity contribution in [3.8, 4) is 0 Å². The Kier molecular flexibility index (Phi) is 5.91. The van der Waals surface area contributed by atoms with E-state index in [1.807, 2.05) is 0 Å². The number of nitrogens with zero attached hydrogens (tertiary/aromatic N) is 2. The molecule has 1 aromatic heterocycles. The highest BCUT2D eigenvalue weighted by Gasteiger charge is 2.33. The molecule has 0 aliphatic heterocycles. The maximum absolute atomic E-state index is 13.1. The Bertz CT molecular complexity index is 1140. The van der Waals surface area contributed by atoms with Crippen molar-refractivity contribution in [2.45, 2.75) is 20.0 Å². The zero-order chi connectivity index (χ0) is 22.8. The van der Waals surface area contributed by atoms with Gasteiger partial charge in [0.05, 0.1) is 23.6 Å². The van der Waals surface area contributed by atoms with E-state index in [4.69, 9.17) is 5.73 Å². The van der Waals surface area contributed by atoms with Crippen molar-refractivity contribution < 1.29 is 22.8 Å². The second kappa shape index (κ2) is 8.42. The standard InChI is InChI=1S/C21H18F3N5O2/c1-11-6-7-13(8-16(11)19(31)29-14-9-26-20(25)27-10-14)28-18(30)15-4-3-5-17(12(15)2)21(22,23)24/h3-10H,1-2H3,(H,28,30)(H,29,31)(H2,25,26,27). The average Bonchev–Trinajstić information content (AvgIpc) is 2.70. The summed E-state index contributed by atoms with van der Waals surface area (Å²) in [5.41, 5.74) is 5.71. The number of aromatic nitrogens is 2. The van der Waals surface area contributed by atoms with Crippen molar-refractivity contribution >= 4 is 29.1 Å². The summed E-state index contributed by atoms with van der Waals surface area (Å²) in [7, 11) is 0. The van der Waals surface area contributed by atoms with Crippen molar-refractivity contribution in [2.75, 3.05) is 16.4 Å². The van der Waals surface area contributed by atoms with E-state index in [0.717, 1.165) is 6.07 Å². The van der Waals surface area contributed by atoms with Gasteiger partial charge in [0.25, 0.3) is 11.8 Å². The maximum atomic E-state index is 13.1. The van der Waals surface area contributed by atoms with Crippen molar-refractivity contribution in [1.29, 1.82) is 0 Å². The van der Waals surface area contributed by atoms with Crippen LogP contribution in [-0.4, -0.2) is 21.8 Å². The fourth-order valence-corrected chi connectivity index (χ4v) is 2.93. The van der Waals surface area contributed by atoms with Gasteiger partial charge in [-0.3, -0.25) is 9.59 Å². The van der Waals surface area contributed by atoms with Gasteiger partial charge in [0.15, 0.2) is 0 Å². The van der Waals surface area contributed by atoms with Crippen LogP contribution in [0.2, 0.25) is 0 Å². The third-order valence-corrected chi connectivity index (χ3v) is 4.55. The number of aryl methyl sites for hydroxylation is 1. The molecule has 160 valence electrons. The van der Waals surface area contributed by atoms with E-state index in [1.54, 1.807) is 19.1 Å². The molecule has 2 aromatic carbocycles. The minimum Gasteiger partial charge on any atom is -0.368 e. The van der Waals surface area contributed by atoms with Crippen molar-refractivity contribution in [1.82, 2.24) is 9.97 Å². The molecule has 0 bridgehead atoms. The molecule has 0 fully saturated rings. The number of carbonyl (C=O) groups is 2. The summed E-state index contributed by atoms with van der Waals surface area (Å²) in [6.07, 6.45) is -1.88. The summed E-state index contributed by atoms with van der Waals surface area (Å²) < 4.78 is 39.3. The number of nitrogen functional groups attached to an aromatic ring is 1. The van der Waals surface area contributed by atoms with Crippen LogP contribution in [0.3, 0.4) is 0 Å². The van der Waals surface area contributed by atoms with Gasteiger partial charge in [0.2, 0.25) is 5.95 Å². The molecule has 2 amide bonds. The van der Waals surface area contributed by atoms with Crippen LogP contribution in [0.15, 0.2) is 48.8 Å². The Labute approximate surface area is 175 Å². The normalized spacial score (nSPS) is 11.1. The van der Waals surface area contributed by atoms with Gasteiger partial charge in [-0.25, -0.2) is 9.97 Å². The molecule has 4 N–H and O–H groups in total. The third kappa shape index (κ3) is 4.97. The number of benzene rings is 2. The van der Waals surface area contributed by atoms with Crippen LogP contribution >= 0.6 is 0 Å². The van der Waals surface area contributed by atoms with E-state index < -0.39 is 23.6 Å². The number of nitrogens with two attached hydrogens (primary N) is 1. The van der Waals surface area contributed by atoms with E-state index in [0.29, 0.717) is 11.3 Å². The van der Waals surface area contributed by atoms with Crippen LogP contribution in [0, 0.1) is 13.8 Å². The topological polar surface area (TPSA) is 110 Å². The second-order valence-corrected chi connectivity index (χ2v) is 6.74. The first kappa shape index (κ1) is 21.8. The van der Waals surface area contributed by atoms with E-state index in [1.165, 1.54) is 37.5 Å². The molecule has 10 heteroatoms. The zero-order valence-electron chi connectivity index (χ0n) is 16.5. The number of carbonyl (C=O) groups excluding carboxylic acids is 2. The molecule has 0 radical (unpaired) electrons. The molecule has 7 nitrogen and oxygen atoms in total. The lowest BCUT2D eigenvalue weighted by atomic mass is 10.0. The Morgan fingerprint density at radius 3 is 2.16 bits per heavy atom. The molecule has 1 heterocycles. The van der Waals surface area contributed by atoms with Crippen molar-refractivity contribution in [3.63, 3.8) is 0 Å². The van der Waals surface area contributed by atoms with Gasteiger partial charge in [-0.15, -0.1) is 0 Å². The first-order chi connectivity index (χ1) is 14.6. The smallest absolute Gasteiger partial charge is 0.368 e. The van der Waals surface area contributed by atoms with Gasteiger partial charge < -0.3 is 16.4 Å². The summed E-state index contributed by atoms with van der Waals surface area (Å²) in [6, 6.07) is 8.00. The quantitative estimate of drug-likeness (QED) is 0.576. The van der Waals surface area contributed by atoms with E-state index in [9.17, 15) is 22.8 Å².